The molecule has 3 aromatic rings. The molecule has 0 aliphatic heterocycles. The highest BCUT2D eigenvalue weighted by Gasteiger charge is 2.21. The number of carboxylic acid groups (broad SMARTS) is 1. The van der Waals surface area contributed by atoms with Crippen molar-refractivity contribution in [1.82, 2.24) is 4.98 Å². The fourth-order valence-corrected chi connectivity index (χ4v) is 2.82. The average Bonchev–Trinajstić information content (AvgIpc) is 3.00. The summed E-state index contributed by atoms with van der Waals surface area (Å²) in [7, 11) is 0. The summed E-state index contributed by atoms with van der Waals surface area (Å²) in [4.78, 5) is 15.5. The summed E-state index contributed by atoms with van der Waals surface area (Å²) < 4.78 is 19.0. The number of carbonyl (C=O) groups is 1. The summed E-state index contributed by atoms with van der Waals surface area (Å²) in [6.45, 7) is 1.57. The predicted molar refractivity (Wildman–Crippen MR) is 90.3 cm³/mol. The van der Waals surface area contributed by atoms with Gasteiger partial charge in [0, 0.05) is 11.1 Å². The Morgan fingerprint density at radius 1 is 1.12 bits per heavy atom. The Labute approximate surface area is 142 Å². The third-order valence-corrected chi connectivity index (χ3v) is 4.32. The van der Waals surface area contributed by atoms with Crippen LogP contribution in [0, 0.1) is 5.82 Å². The Morgan fingerprint density at radius 2 is 1.79 bits per heavy atom. The fraction of sp³-hybridized carbons (Fsp3) is 0.111. The van der Waals surface area contributed by atoms with E-state index in [9.17, 15) is 9.18 Å². The molecule has 0 amide bonds. The van der Waals surface area contributed by atoms with E-state index >= 15 is 0 Å². The van der Waals surface area contributed by atoms with Crippen LogP contribution in [-0.2, 0) is 4.79 Å². The molecule has 0 saturated carbocycles. The summed E-state index contributed by atoms with van der Waals surface area (Å²) in [5.41, 5.74) is 2.08. The van der Waals surface area contributed by atoms with Crippen molar-refractivity contribution in [1.29, 1.82) is 0 Å². The van der Waals surface area contributed by atoms with Gasteiger partial charge in [0.15, 0.2) is 5.76 Å². The lowest BCUT2D eigenvalue weighted by atomic mass is 10.1. The SMILES string of the molecule is CC(Sc1nc(-c2ccc(F)cc2)c(-c2ccccc2)o1)C(=O)O. The number of hydrogen-bond donors (Lipinski definition) is 1. The van der Waals surface area contributed by atoms with Gasteiger partial charge in [-0.3, -0.25) is 4.79 Å². The number of hydrogen-bond acceptors (Lipinski definition) is 4. The molecule has 1 heterocycles. The lowest BCUT2D eigenvalue weighted by Crippen LogP contribution is -2.10. The molecule has 122 valence electrons. The molecule has 1 unspecified atom stereocenters. The van der Waals surface area contributed by atoms with Gasteiger partial charge >= 0.3 is 5.97 Å². The second-order valence-electron chi connectivity index (χ2n) is 5.13. The molecule has 0 saturated heterocycles. The molecule has 4 nitrogen and oxygen atoms in total. The summed E-state index contributed by atoms with van der Waals surface area (Å²) in [6, 6.07) is 15.3. The van der Waals surface area contributed by atoms with Crippen molar-refractivity contribution in [3.05, 3.63) is 60.4 Å². The number of oxazole rings is 1. The quantitative estimate of drug-likeness (QED) is 0.680. The predicted octanol–water partition coefficient (Wildman–Crippen LogP) is 4.71. The van der Waals surface area contributed by atoms with Gasteiger partial charge in [-0.1, -0.05) is 42.1 Å². The van der Waals surface area contributed by atoms with Gasteiger partial charge in [0.1, 0.15) is 16.8 Å². The highest BCUT2D eigenvalue weighted by molar-refractivity contribution is 8.00. The molecule has 0 radical (unpaired) electrons. The van der Waals surface area contributed by atoms with E-state index in [0.29, 0.717) is 17.0 Å². The molecule has 0 fully saturated rings. The van der Waals surface area contributed by atoms with Crippen LogP contribution in [0.25, 0.3) is 22.6 Å². The van der Waals surface area contributed by atoms with Crippen LogP contribution in [0.3, 0.4) is 0 Å². The lowest BCUT2D eigenvalue weighted by molar-refractivity contribution is -0.136. The zero-order valence-electron chi connectivity index (χ0n) is 12.8. The second kappa shape index (κ2) is 6.88. The molecule has 1 atom stereocenters. The Morgan fingerprint density at radius 3 is 2.42 bits per heavy atom. The molecular weight excluding hydrogens is 329 g/mol. The molecule has 3 rings (SSSR count). The van der Waals surface area contributed by atoms with Crippen LogP contribution >= 0.6 is 11.8 Å². The molecule has 0 aliphatic rings. The Bertz CT molecular complexity index is 846. The first-order chi connectivity index (χ1) is 11.5. The maximum Gasteiger partial charge on any atom is 0.316 e. The monoisotopic (exact) mass is 343 g/mol. The van der Waals surface area contributed by atoms with Gasteiger partial charge in [-0.2, -0.15) is 0 Å². The van der Waals surface area contributed by atoms with Crippen LogP contribution in [0.5, 0.6) is 0 Å². The van der Waals surface area contributed by atoms with Crippen molar-refractivity contribution >= 4 is 17.7 Å². The van der Waals surface area contributed by atoms with Gasteiger partial charge in [-0.05, 0) is 31.2 Å². The summed E-state index contributed by atoms with van der Waals surface area (Å²) >= 11 is 1.03. The zero-order valence-corrected chi connectivity index (χ0v) is 13.6. The number of thioether (sulfide) groups is 1. The van der Waals surface area contributed by atoms with Gasteiger partial charge in [-0.15, -0.1) is 0 Å². The van der Waals surface area contributed by atoms with Crippen molar-refractivity contribution in [3.8, 4) is 22.6 Å². The molecule has 0 aliphatic carbocycles. The number of aromatic nitrogens is 1. The van der Waals surface area contributed by atoms with Crippen molar-refractivity contribution in [2.45, 2.75) is 17.4 Å². The minimum atomic E-state index is -0.942. The maximum absolute atomic E-state index is 13.2. The number of carboxylic acids is 1. The van der Waals surface area contributed by atoms with E-state index in [2.05, 4.69) is 4.98 Å². The van der Waals surface area contributed by atoms with Gasteiger partial charge in [-0.25, -0.2) is 9.37 Å². The van der Waals surface area contributed by atoms with Crippen LogP contribution in [-0.4, -0.2) is 21.3 Å². The first kappa shape index (κ1) is 16.3. The van der Waals surface area contributed by atoms with E-state index in [0.717, 1.165) is 17.3 Å². The van der Waals surface area contributed by atoms with Crippen LogP contribution in [0.4, 0.5) is 4.39 Å². The lowest BCUT2D eigenvalue weighted by Gasteiger charge is -2.01. The Hall–Kier alpha value is -2.60. The molecule has 0 spiro atoms. The number of rotatable bonds is 5. The summed E-state index contributed by atoms with van der Waals surface area (Å²) in [6.07, 6.45) is 0. The minimum absolute atomic E-state index is 0.267. The molecular formula is C18H14FNO3S. The van der Waals surface area contributed by atoms with Gasteiger partial charge in [0.2, 0.25) is 0 Å². The van der Waals surface area contributed by atoms with Crippen molar-refractivity contribution in [2.75, 3.05) is 0 Å². The highest BCUT2D eigenvalue weighted by atomic mass is 32.2. The number of halogens is 1. The Balaban J connectivity index is 2.06. The maximum atomic E-state index is 13.2. The van der Waals surface area contributed by atoms with Crippen molar-refractivity contribution in [2.24, 2.45) is 0 Å². The zero-order chi connectivity index (χ0) is 17.1. The van der Waals surface area contributed by atoms with Gasteiger partial charge in [0.25, 0.3) is 5.22 Å². The minimum Gasteiger partial charge on any atom is -0.480 e. The number of nitrogens with zero attached hydrogens (tertiary/aromatic N) is 1. The molecule has 6 heteroatoms. The molecule has 1 aromatic heterocycles. The van der Waals surface area contributed by atoms with E-state index in [-0.39, 0.29) is 11.0 Å². The normalized spacial score (nSPS) is 12.1. The molecule has 2 aromatic carbocycles. The summed E-state index contributed by atoms with van der Waals surface area (Å²) in [5, 5.41) is 8.63. The van der Waals surface area contributed by atoms with E-state index in [1.807, 2.05) is 30.3 Å². The van der Waals surface area contributed by atoms with E-state index in [4.69, 9.17) is 9.52 Å². The highest BCUT2D eigenvalue weighted by Crippen LogP contribution is 2.36. The van der Waals surface area contributed by atoms with Crippen LogP contribution < -0.4 is 0 Å². The van der Waals surface area contributed by atoms with E-state index in [1.165, 1.54) is 12.1 Å². The first-order valence-corrected chi connectivity index (χ1v) is 8.14. The van der Waals surface area contributed by atoms with Gasteiger partial charge in [0.05, 0.1) is 0 Å². The smallest absolute Gasteiger partial charge is 0.316 e. The standard InChI is InChI=1S/C18H14FNO3S/c1-11(17(21)22)24-18-20-15(12-7-9-14(19)10-8-12)16(23-18)13-5-3-2-4-6-13/h2-11H,1H3,(H,21,22). The second-order valence-corrected chi connectivity index (χ2v) is 6.42. The number of benzene rings is 2. The van der Waals surface area contributed by atoms with Crippen molar-refractivity contribution < 1.29 is 18.7 Å². The third kappa shape index (κ3) is 3.49. The van der Waals surface area contributed by atoms with Crippen molar-refractivity contribution in [3.63, 3.8) is 0 Å². The number of aliphatic carboxylic acids is 1. The average molecular weight is 343 g/mol. The topological polar surface area (TPSA) is 63.3 Å². The van der Waals surface area contributed by atoms with Crippen LogP contribution in [0.1, 0.15) is 6.92 Å². The van der Waals surface area contributed by atoms with Gasteiger partial charge < -0.3 is 9.52 Å². The molecule has 0 bridgehead atoms. The van der Waals surface area contributed by atoms with Crippen LogP contribution in [0.15, 0.2) is 64.2 Å². The van der Waals surface area contributed by atoms with Crippen LogP contribution in [0.2, 0.25) is 0 Å². The molecule has 1 N–H and O–H groups in total. The third-order valence-electron chi connectivity index (χ3n) is 3.39. The molecule has 24 heavy (non-hydrogen) atoms. The van der Waals surface area contributed by atoms with E-state index < -0.39 is 11.2 Å². The summed E-state index contributed by atoms with van der Waals surface area (Å²) in [5.74, 6) is -0.748. The van der Waals surface area contributed by atoms with E-state index in [1.54, 1.807) is 19.1 Å². The first-order valence-electron chi connectivity index (χ1n) is 7.26. The Kier molecular flexibility index (Phi) is 4.66. The largest absolute Gasteiger partial charge is 0.480 e. The fourth-order valence-electron chi connectivity index (χ4n) is 2.14.